The topological polar surface area (TPSA) is 166 Å². The molecule has 12 heteroatoms. The van der Waals surface area contributed by atoms with Crippen molar-refractivity contribution in [2.24, 2.45) is 33.5 Å². The first-order valence-electron chi connectivity index (χ1n) is 27.9. The molecule has 11 nitrogen and oxygen atoms in total. The van der Waals surface area contributed by atoms with Gasteiger partial charge >= 0.3 is 11.9 Å². The molecule has 3 aromatic carbocycles. The predicted octanol–water partition coefficient (Wildman–Crippen LogP) is 11.9. The molecule has 0 bridgehead atoms. The molecule has 9 aliphatic rings. The van der Waals surface area contributed by atoms with Crippen LogP contribution in [0.15, 0.2) is 96.1 Å². The lowest BCUT2D eigenvalue weighted by Gasteiger charge is -2.40. The van der Waals surface area contributed by atoms with Crippen LogP contribution >= 0.6 is 11.6 Å². The number of hydrogen-bond donors (Lipinski definition) is 1. The van der Waals surface area contributed by atoms with E-state index in [0.29, 0.717) is 49.0 Å². The number of allylic oxidation sites excluding steroid dienone is 6. The summed E-state index contributed by atoms with van der Waals surface area (Å²) in [4.78, 5) is 60.4. The number of rotatable bonds is 3. The van der Waals surface area contributed by atoms with E-state index in [4.69, 9.17) is 42.2 Å². The zero-order valence-corrected chi connectivity index (χ0v) is 47.6. The number of terminal acetylenes is 1. The minimum absolute atomic E-state index is 0.00807. The normalized spacial score (nSPS) is 31.2. The monoisotopic (exact) mass is 1090 g/mol. The summed E-state index contributed by atoms with van der Waals surface area (Å²) >= 11 is 6.32. The highest BCUT2D eigenvalue weighted by atomic mass is 35.5. The summed E-state index contributed by atoms with van der Waals surface area (Å²) in [5, 5.41) is 19.6. The molecule has 3 aromatic rings. The van der Waals surface area contributed by atoms with Crippen LogP contribution in [0.3, 0.4) is 0 Å². The molecule has 1 aliphatic heterocycles. The molecular formula is C67H72ClNO10. The molecule has 12 rings (SSSR count). The van der Waals surface area contributed by atoms with Gasteiger partial charge in [-0.3, -0.25) is 24.0 Å². The van der Waals surface area contributed by atoms with Crippen LogP contribution in [0.5, 0.6) is 0 Å². The predicted molar refractivity (Wildman–Crippen MR) is 304 cm³/mol. The van der Waals surface area contributed by atoms with Gasteiger partial charge in [-0.15, -0.1) is 6.42 Å². The second-order valence-corrected chi connectivity index (χ2v) is 23.8. The molecule has 412 valence electrons. The maximum absolute atomic E-state index is 12.4. The van der Waals surface area contributed by atoms with Crippen molar-refractivity contribution in [3.8, 4) is 18.4 Å². The third-order valence-corrected chi connectivity index (χ3v) is 19.3. The third kappa shape index (κ3) is 10.0. The molecule has 1 heterocycles. The Morgan fingerprint density at radius 3 is 1.70 bits per heavy atom. The molecule has 8 unspecified atom stereocenters. The summed E-state index contributed by atoms with van der Waals surface area (Å²) in [7, 11) is 2.83. The molecule has 0 amide bonds. The number of halogens is 1. The number of hydrogen-bond acceptors (Lipinski definition) is 11. The first-order valence-corrected chi connectivity index (χ1v) is 28.3. The lowest BCUT2D eigenvalue weighted by atomic mass is 9.62. The van der Waals surface area contributed by atoms with Crippen LogP contribution < -0.4 is 0 Å². The van der Waals surface area contributed by atoms with Gasteiger partial charge in [0.05, 0.1) is 54.9 Å². The van der Waals surface area contributed by atoms with Crippen molar-refractivity contribution in [2.45, 2.75) is 143 Å². The van der Waals surface area contributed by atoms with Gasteiger partial charge in [0.2, 0.25) is 0 Å². The number of nitrogens with zero attached hydrogens (tertiary/aromatic N) is 1. The maximum Gasteiger partial charge on any atom is 0.316 e. The average Bonchev–Trinajstić information content (AvgIpc) is 4.01. The van der Waals surface area contributed by atoms with Crippen molar-refractivity contribution >= 4 is 57.6 Å². The van der Waals surface area contributed by atoms with Gasteiger partial charge in [0, 0.05) is 35.3 Å². The van der Waals surface area contributed by atoms with Crippen LogP contribution in [0, 0.1) is 71.0 Å². The summed E-state index contributed by atoms with van der Waals surface area (Å²) < 4.78 is 22.3. The Hall–Kier alpha value is -6.47. The molecule has 0 radical (unpaired) electrons. The van der Waals surface area contributed by atoms with Gasteiger partial charge in [0.15, 0.2) is 23.1 Å². The SMILES string of the molecule is C#CC12C=C(C#N)C(=O)C=C1c1c(C)cccc1CC2.CC1CC2(CO)CCC3(C=C2C1C)OC(C)C(C)O3.COC(=O)C12CCC(=O)C=C1c1c(C)cccc1CC2.COC(=O)C12CCC(=O)C=C1c1c(Cl)cccc1CC2. The quantitative estimate of drug-likeness (QED) is 0.151. The van der Waals surface area contributed by atoms with Gasteiger partial charge in [-0.2, -0.15) is 5.26 Å². The Morgan fingerprint density at radius 1 is 0.684 bits per heavy atom. The number of fused-ring (bicyclic) bond motifs is 10. The fourth-order valence-electron chi connectivity index (χ4n) is 14.3. The Kier molecular flexibility index (Phi) is 16.1. The van der Waals surface area contributed by atoms with Crippen LogP contribution in [-0.2, 0) is 62.2 Å². The fraction of sp³-hybridized carbons (Fsp3) is 0.463. The molecule has 79 heavy (non-hydrogen) atoms. The minimum atomic E-state index is -0.708. The van der Waals surface area contributed by atoms with Crippen LogP contribution in [0.2, 0.25) is 5.02 Å². The smallest absolute Gasteiger partial charge is 0.316 e. The molecule has 1 N–H and O–H groups in total. The first kappa shape index (κ1) is 57.2. The number of carbonyl (C=O) groups excluding carboxylic acids is 5. The van der Waals surface area contributed by atoms with Crippen LogP contribution in [0.4, 0.5) is 0 Å². The highest BCUT2D eigenvalue weighted by Gasteiger charge is 2.55. The second kappa shape index (κ2) is 22.2. The van der Waals surface area contributed by atoms with Crippen molar-refractivity contribution in [2.75, 3.05) is 20.8 Å². The van der Waals surface area contributed by atoms with Crippen molar-refractivity contribution < 1.29 is 48.0 Å². The third-order valence-electron chi connectivity index (χ3n) is 19.0. The lowest BCUT2D eigenvalue weighted by Crippen LogP contribution is -2.40. The summed E-state index contributed by atoms with van der Waals surface area (Å²) in [6, 6.07) is 19.9. The number of ether oxygens (including phenoxy) is 4. The van der Waals surface area contributed by atoms with Crippen LogP contribution in [0.25, 0.3) is 16.7 Å². The summed E-state index contributed by atoms with van der Waals surface area (Å²) in [6.45, 7) is 13.0. The van der Waals surface area contributed by atoms with Gasteiger partial charge in [-0.1, -0.05) is 85.5 Å². The molecule has 1 spiro atoms. The lowest BCUT2D eigenvalue weighted by molar-refractivity contribution is -0.151. The summed E-state index contributed by atoms with van der Waals surface area (Å²) in [6.07, 6.45) is 24.2. The van der Waals surface area contributed by atoms with E-state index in [-0.39, 0.29) is 59.1 Å². The number of esters is 2. The van der Waals surface area contributed by atoms with E-state index in [0.717, 1.165) is 101 Å². The molecule has 8 atom stereocenters. The van der Waals surface area contributed by atoms with Gasteiger partial charge in [-0.25, -0.2) is 0 Å². The largest absolute Gasteiger partial charge is 0.468 e. The summed E-state index contributed by atoms with van der Waals surface area (Å²) in [5.41, 5.74) is 10.9. The molecule has 2 fully saturated rings. The van der Waals surface area contributed by atoms with E-state index in [2.05, 4.69) is 51.8 Å². The highest BCUT2D eigenvalue weighted by molar-refractivity contribution is 6.33. The maximum atomic E-state index is 12.4. The van der Waals surface area contributed by atoms with Gasteiger partial charge in [0.25, 0.3) is 0 Å². The zero-order valence-electron chi connectivity index (χ0n) is 46.8. The summed E-state index contributed by atoms with van der Waals surface area (Å²) in [5.74, 6) is 2.89. The number of nitriles is 1. The van der Waals surface area contributed by atoms with Crippen LogP contribution in [-0.4, -0.2) is 73.2 Å². The van der Waals surface area contributed by atoms with E-state index in [1.165, 1.54) is 30.9 Å². The minimum Gasteiger partial charge on any atom is -0.468 e. The Labute approximate surface area is 470 Å². The van der Waals surface area contributed by atoms with Crippen molar-refractivity contribution in [1.82, 2.24) is 0 Å². The number of benzene rings is 3. The van der Waals surface area contributed by atoms with Crippen molar-refractivity contribution in [3.05, 3.63) is 146 Å². The van der Waals surface area contributed by atoms with E-state index in [1.54, 1.807) is 30.4 Å². The van der Waals surface area contributed by atoms with Gasteiger partial charge < -0.3 is 24.1 Å². The standard InChI is InChI=1S/C18H13NO.C17H18O3.C16H15ClO3.C16H26O3/c1-3-18-8-7-13-6-4-5-12(2)17(13)15(18)9-16(20)14(10-18)11-19;1-11-4-3-5-12-6-8-17(16(19)20-2)9-7-13(18)10-14(17)15(11)12;1-20-15(19)16-7-5-10-3-2-4-13(17)14(10)12(16)9-11(18)6-8-16;1-10-7-15(9-17)5-6-16(8-14(15)11(10)2)18-12(3)13(4)19-16/h1,4-6,9-10H,7-8H2,2H3;3-5,10H,6-9H2,1-2H3;2-4,9H,5-8H2,1H3;8,10-13,17H,5-7,9H2,1-4H3. The Balaban J connectivity index is 0.000000128. The number of methoxy groups -OCH3 is 2. The fourth-order valence-corrected chi connectivity index (χ4v) is 14.6. The second-order valence-electron chi connectivity index (χ2n) is 23.4. The Morgan fingerprint density at radius 2 is 1.18 bits per heavy atom. The van der Waals surface area contributed by atoms with E-state index in [9.17, 15) is 29.1 Å². The van der Waals surface area contributed by atoms with Crippen molar-refractivity contribution in [1.29, 1.82) is 5.26 Å². The molecule has 0 aromatic heterocycles. The molecular weight excluding hydrogens is 1010 g/mol. The number of ketones is 3. The Bertz CT molecular complexity index is 3170. The molecule has 1 saturated heterocycles. The molecule has 1 saturated carbocycles. The molecule has 8 aliphatic carbocycles. The van der Waals surface area contributed by atoms with E-state index < -0.39 is 22.0 Å². The first-order chi connectivity index (χ1) is 37.7. The number of aliphatic hydroxyl groups is 1. The zero-order chi connectivity index (χ0) is 56.8. The van der Waals surface area contributed by atoms with Crippen molar-refractivity contribution in [3.63, 3.8) is 0 Å². The van der Waals surface area contributed by atoms with Gasteiger partial charge in [-0.05, 0) is 196 Å². The van der Waals surface area contributed by atoms with E-state index in [1.807, 2.05) is 56.3 Å². The van der Waals surface area contributed by atoms with E-state index >= 15 is 0 Å². The number of aryl methyl sites for hydroxylation is 5. The van der Waals surface area contributed by atoms with Crippen LogP contribution in [0.1, 0.15) is 136 Å². The highest BCUT2D eigenvalue weighted by Crippen LogP contribution is 2.58. The average molecular weight is 1090 g/mol. The number of carbonyl (C=O) groups is 5. The van der Waals surface area contributed by atoms with Gasteiger partial charge in [0.1, 0.15) is 6.07 Å². The number of aliphatic hydroxyl groups excluding tert-OH is 1.